The van der Waals surface area contributed by atoms with Crippen molar-refractivity contribution >= 4 is 11.9 Å². The molecule has 0 fully saturated rings. The van der Waals surface area contributed by atoms with E-state index < -0.39 is 29.7 Å². The number of nitrogens with one attached hydrogen (secondary N) is 1. The third kappa shape index (κ3) is 5.35. The van der Waals surface area contributed by atoms with Crippen LogP contribution >= 0.6 is 0 Å². The summed E-state index contributed by atoms with van der Waals surface area (Å²) in [5.74, 6) is -2.87. The van der Waals surface area contributed by atoms with Crippen molar-refractivity contribution in [2.75, 3.05) is 0 Å². The van der Waals surface area contributed by atoms with Crippen molar-refractivity contribution in [2.24, 2.45) is 0 Å². The summed E-state index contributed by atoms with van der Waals surface area (Å²) in [6.07, 6.45) is -0.148. The molecule has 0 saturated carbocycles. The van der Waals surface area contributed by atoms with Gasteiger partial charge in [-0.1, -0.05) is 24.3 Å². The lowest BCUT2D eigenvalue weighted by Crippen LogP contribution is -2.36. The largest absolute Gasteiger partial charge is 0.438 e. The van der Waals surface area contributed by atoms with E-state index in [-0.39, 0.29) is 17.2 Å². The van der Waals surface area contributed by atoms with Gasteiger partial charge in [-0.05, 0) is 37.3 Å². The van der Waals surface area contributed by atoms with Crippen LogP contribution in [0.3, 0.4) is 0 Å². The van der Waals surface area contributed by atoms with Gasteiger partial charge < -0.3 is 14.8 Å². The molecule has 1 heterocycles. The lowest BCUT2D eigenvalue weighted by molar-refractivity contribution is 0.0264. The molecule has 1 N–H and O–H groups in total. The van der Waals surface area contributed by atoms with Crippen LogP contribution < -0.4 is 10.1 Å². The predicted molar refractivity (Wildman–Crippen MR) is 99.5 cm³/mol. The zero-order valence-electron chi connectivity index (χ0n) is 15.3. The van der Waals surface area contributed by atoms with Gasteiger partial charge in [0.25, 0.3) is 5.91 Å². The molecule has 1 amide bonds. The smallest absolute Gasteiger partial charge is 0.340 e. The molecule has 8 heteroatoms. The fraction of sp³-hybridized carbons (Fsp3) is 0.0952. The van der Waals surface area contributed by atoms with Crippen LogP contribution in [0, 0.1) is 11.6 Å². The van der Waals surface area contributed by atoms with Gasteiger partial charge in [0.05, 0.1) is 11.8 Å². The van der Waals surface area contributed by atoms with Crippen LogP contribution in [0.5, 0.6) is 11.6 Å². The van der Waals surface area contributed by atoms with Crippen LogP contribution in [0.4, 0.5) is 8.78 Å². The Morgan fingerprint density at radius 2 is 1.76 bits per heavy atom. The van der Waals surface area contributed by atoms with Crippen LogP contribution in [0.15, 0.2) is 66.9 Å². The Hall–Kier alpha value is -3.81. The van der Waals surface area contributed by atoms with Crippen molar-refractivity contribution in [1.29, 1.82) is 0 Å². The van der Waals surface area contributed by atoms with Gasteiger partial charge in [-0.3, -0.25) is 4.79 Å². The lowest BCUT2D eigenvalue weighted by Gasteiger charge is -2.16. The van der Waals surface area contributed by atoms with Crippen LogP contribution in [-0.2, 0) is 4.74 Å². The second kappa shape index (κ2) is 8.92. The molecule has 29 heavy (non-hydrogen) atoms. The standard InChI is InChI=1S/C21H16F2N2O4/c1-13(28-21(27)14-6-3-2-4-7-14)25-19(26)18-11-16(23)12-24-20(18)29-17-9-5-8-15(22)10-17/h2-13H,1H3,(H,25,26)/t13-/m0/s1. The van der Waals surface area contributed by atoms with Crippen LogP contribution in [-0.4, -0.2) is 23.1 Å². The zero-order chi connectivity index (χ0) is 20.8. The number of esters is 1. The number of hydrogen-bond acceptors (Lipinski definition) is 5. The Bertz CT molecular complexity index is 1030. The molecular weight excluding hydrogens is 382 g/mol. The van der Waals surface area contributed by atoms with Crippen molar-refractivity contribution in [3.05, 3.63) is 89.6 Å². The van der Waals surface area contributed by atoms with E-state index in [9.17, 15) is 18.4 Å². The number of halogens is 2. The Kier molecular flexibility index (Phi) is 6.13. The molecule has 0 aliphatic heterocycles. The number of hydrogen-bond donors (Lipinski definition) is 1. The van der Waals surface area contributed by atoms with Crippen LogP contribution in [0.1, 0.15) is 27.6 Å². The van der Waals surface area contributed by atoms with Gasteiger partial charge in [-0.15, -0.1) is 0 Å². The summed E-state index contributed by atoms with van der Waals surface area (Å²) in [6.45, 7) is 1.44. The van der Waals surface area contributed by atoms with Gasteiger partial charge in [0.2, 0.25) is 5.88 Å². The molecule has 1 atom stereocenters. The molecule has 0 spiro atoms. The number of nitrogens with zero attached hydrogens (tertiary/aromatic N) is 1. The Morgan fingerprint density at radius 1 is 1.00 bits per heavy atom. The van der Waals surface area contributed by atoms with E-state index in [0.29, 0.717) is 5.56 Å². The zero-order valence-corrected chi connectivity index (χ0v) is 15.3. The first-order valence-corrected chi connectivity index (χ1v) is 8.58. The summed E-state index contributed by atoms with van der Waals surface area (Å²) >= 11 is 0. The summed E-state index contributed by atoms with van der Waals surface area (Å²) in [6, 6.07) is 14.3. The quantitative estimate of drug-likeness (QED) is 0.500. The van der Waals surface area contributed by atoms with Gasteiger partial charge in [0, 0.05) is 6.07 Å². The van der Waals surface area contributed by atoms with E-state index in [4.69, 9.17) is 9.47 Å². The van der Waals surface area contributed by atoms with E-state index in [1.54, 1.807) is 30.3 Å². The highest BCUT2D eigenvalue weighted by molar-refractivity contribution is 5.97. The topological polar surface area (TPSA) is 77.5 Å². The normalized spacial score (nSPS) is 11.4. The molecule has 0 saturated heterocycles. The molecule has 0 aliphatic rings. The molecule has 6 nitrogen and oxygen atoms in total. The Morgan fingerprint density at radius 3 is 2.48 bits per heavy atom. The van der Waals surface area contributed by atoms with E-state index >= 15 is 0 Å². The fourth-order valence-corrected chi connectivity index (χ4v) is 2.41. The number of ether oxygens (including phenoxy) is 2. The van der Waals surface area contributed by atoms with E-state index in [1.165, 1.54) is 25.1 Å². The van der Waals surface area contributed by atoms with Gasteiger partial charge >= 0.3 is 5.97 Å². The first-order valence-electron chi connectivity index (χ1n) is 8.58. The van der Waals surface area contributed by atoms with Crippen LogP contribution in [0.25, 0.3) is 0 Å². The molecule has 1 aromatic heterocycles. The molecule has 3 rings (SSSR count). The second-order valence-corrected chi connectivity index (χ2v) is 5.95. The lowest BCUT2D eigenvalue weighted by atomic mass is 10.2. The first-order chi connectivity index (χ1) is 13.9. The highest BCUT2D eigenvalue weighted by Gasteiger charge is 2.20. The third-order valence-electron chi connectivity index (χ3n) is 3.70. The van der Waals surface area contributed by atoms with Gasteiger partial charge in [-0.25, -0.2) is 18.6 Å². The van der Waals surface area contributed by atoms with Crippen molar-refractivity contribution < 1.29 is 27.8 Å². The molecular formula is C21H16F2N2O4. The van der Waals surface area contributed by atoms with Gasteiger partial charge in [0.1, 0.15) is 22.9 Å². The van der Waals surface area contributed by atoms with Crippen molar-refractivity contribution in [2.45, 2.75) is 13.2 Å². The fourth-order valence-electron chi connectivity index (χ4n) is 2.41. The monoisotopic (exact) mass is 398 g/mol. The predicted octanol–water partition coefficient (Wildman–Crippen LogP) is 4.08. The van der Waals surface area contributed by atoms with E-state index in [0.717, 1.165) is 18.3 Å². The number of pyridine rings is 1. The average molecular weight is 398 g/mol. The van der Waals surface area contributed by atoms with E-state index in [1.807, 2.05) is 0 Å². The second-order valence-electron chi connectivity index (χ2n) is 5.95. The maximum Gasteiger partial charge on any atom is 0.340 e. The van der Waals surface area contributed by atoms with Crippen LogP contribution in [0.2, 0.25) is 0 Å². The minimum Gasteiger partial charge on any atom is -0.438 e. The van der Waals surface area contributed by atoms with E-state index in [2.05, 4.69) is 10.3 Å². The Labute approximate surface area is 165 Å². The molecule has 2 aromatic carbocycles. The minimum atomic E-state index is -1.01. The van der Waals surface area contributed by atoms with Crippen molar-refractivity contribution in [1.82, 2.24) is 10.3 Å². The molecule has 148 valence electrons. The Balaban J connectivity index is 1.72. The maximum atomic E-state index is 13.6. The summed E-state index contributed by atoms with van der Waals surface area (Å²) in [7, 11) is 0. The van der Waals surface area contributed by atoms with Gasteiger partial charge in [-0.2, -0.15) is 0 Å². The highest BCUT2D eigenvalue weighted by Crippen LogP contribution is 2.24. The molecule has 0 radical (unpaired) electrons. The highest BCUT2D eigenvalue weighted by atomic mass is 19.1. The molecule has 0 unspecified atom stereocenters. The summed E-state index contributed by atoms with van der Waals surface area (Å²) < 4.78 is 37.5. The summed E-state index contributed by atoms with van der Waals surface area (Å²) in [5, 5.41) is 2.42. The summed E-state index contributed by atoms with van der Waals surface area (Å²) in [5.41, 5.74) is 0.0769. The van der Waals surface area contributed by atoms with Crippen molar-refractivity contribution in [3.63, 3.8) is 0 Å². The third-order valence-corrected chi connectivity index (χ3v) is 3.70. The number of aromatic nitrogens is 1. The van der Waals surface area contributed by atoms with Crippen molar-refractivity contribution in [3.8, 4) is 11.6 Å². The number of benzene rings is 2. The number of amides is 1. The molecule has 3 aromatic rings. The SMILES string of the molecule is C[C@@H](NC(=O)c1cc(F)cnc1Oc1cccc(F)c1)OC(=O)c1ccccc1. The number of rotatable bonds is 6. The first kappa shape index (κ1) is 19.9. The summed E-state index contributed by atoms with van der Waals surface area (Å²) in [4.78, 5) is 28.4. The maximum absolute atomic E-state index is 13.6. The minimum absolute atomic E-state index is 0.0849. The van der Waals surface area contributed by atoms with Gasteiger partial charge in [0.15, 0.2) is 6.23 Å². The number of carbonyl (C=O) groups excluding carboxylic acids is 2. The molecule has 0 bridgehead atoms. The average Bonchev–Trinajstić information content (AvgIpc) is 2.70. The number of carbonyl (C=O) groups is 2. The molecule has 0 aliphatic carbocycles.